The molecule has 9 heteroatoms. The fourth-order valence-corrected chi connectivity index (χ4v) is 4.27. The second-order valence-corrected chi connectivity index (χ2v) is 8.09. The summed E-state index contributed by atoms with van der Waals surface area (Å²) in [5, 5.41) is 0. The summed E-state index contributed by atoms with van der Waals surface area (Å²) >= 11 is 0. The third kappa shape index (κ3) is 4.49. The molecule has 0 saturated carbocycles. The van der Waals surface area contributed by atoms with Gasteiger partial charge in [0, 0.05) is 33.4 Å². The number of sulfonamides is 1. The maximum absolute atomic E-state index is 12.5. The fraction of sp³-hybridized carbons (Fsp3) is 0.562. The summed E-state index contributed by atoms with van der Waals surface area (Å²) in [5.41, 5.74) is 0.713. The van der Waals surface area contributed by atoms with Crippen molar-refractivity contribution in [1.29, 1.82) is 0 Å². The van der Waals surface area contributed by atoms with Crippen LogP contribution in [0.4, 0.5) is 0 Å². The van der Waals surface area contributed by atoms with E-state index in [-0.39, 0.29) is 4.90 Å². The van der Waals surface area contributed by atoms with Crippen molar-refractivity contribution in [2.45, 2.75) is 17.7 Å². The van der Waals surface area contributed by atoms with E-state index >= 15 is 0 Å². The Hall–Kier alpha value is -1.68. The number of benzene rings is 1. The zero-order valence-electron chi connectivity index (χ0n) is 14.2. The summed E-state index contributed by atoms with van der Waals surface area (Å²) < 4.78 is 37.6. The predicted molar refractivity (Wildman–Crippen MR) is 93.1 cm³/mol. The van der Waals surface area contributed by atoms with E-state index in [1.807, 2.05) is 0 Å². The van der Waals surface area contributed by atoms with Crippen LogP contribution in [0, 0.1) is 5.92 Å². The topological polar surface area (TPSA) is 105 Å². The molecular formula is C16H23N3O5S. The Morgan fingerprint density at radius 3 is 3.08 bits per heavy atom. The van der Waals surface area contributed by atoms with Gasteiger partial charge in [-0.2, -0.15) is 0 Å². The molecule has 25 heavy (non-hydrogen) atoms. The van der Waals surface area contributed by atoms with E-state index in [0.29, 0.717) is 23.6 Å². The Balaban J connectivity index is 1.57. The number of ether oxygens (including phenoxy) is 1. The number of hydrogen-bond acceptors (Lipinski definition) is 6. The number of likely N-dealkylation sites (tertiary alicyclic amines) is 1. The first-order chi connectivity index (χ1) is 12.0. The number of rotatable bonds is 8. The van der Waals surface area contributed by atoms with Gasteiger partial charge in [0.05, 0.1) is 10.4 Å². The normalized spacial score (nSPS) is 19.0. The molecule has 1 saturated heterocycles. The standard InChI is InChI=1S/C16H23N3O5S/c1-23-8-2-6-19-7-5-12(11-19)10-17-25(21,22)13-3-4-15-14(9-13)18-16(20)24-15/h3-4,9,12,17H,2,5-8,10-11H2,1H3,(H,18,20). The molecule has 1 atom stereocenters. The molecule has 2 aromatic rings. The number of fused-ring (bicyclic) bond motifs is 1. The fourth-order valence-electron chi connectivity index (χ4n) is 3.12. The molecule has 1 aliphatic rings. The molecule has 0 radical (unpaired) electrons. The Kier molecular flexibility index (Phi) is 5.57. The van der Waals surface area contributed by atoms with Gasteiger partial charge >= 0.3 is 5.76 Å². The van der Waals surface area contributed by atoms with Gasteiger partial charge in [0.1, 0.15) is 0 Å². The maximum atomic E-state index is 12.5. The zero-order chi connectivity index (χ0) is 17.9. The molecule has 138 valence electrons. The highest BCUT2D eigenvalue weighted by molar-refractivity contribution is 7.89. The van der Waals surface area contributed by atoms with Gasteiger partial charge in [-0.05, 0) is 43.5 Å². The minimum atomic E-state index is -3.62. The lowest BCUT2D eigenvalue weighted by Gasteiger charge is -2.16. The lowest BCUT2D eigenvalue weighted by molar-refractivity contribution is 0.178. The molecule has 2 heterocycles. The van der Waals surface area contributed by atoms with Crippen LogP contribution in [0.5, 0.6) is 0 Å². The number of hydrogen-bond donors (Lipinski definition) is 2. The van der Waals surface area contributed by atoms with Crippen LogP contribution in [0.25, 0.3) is 11.1 Å². The highest BCUT2D eigenvalue weighted by Crippen LogP contribution is 2.19. The van der Waals surface area contributed by atoms with E-state index in [9.17, 15) is 13.2 Å². The summed E-state index contributed by atoms with van der Waals surface area (Å²) in [6.07, 6.45) is 1.96. The molecular weight excluding hydrogens is 346 g/mol. The number of methoxy groups -OCH3 is 1. The van der Waals surface area contributed by atoms with E-state index in [1.54, 1.807) is 7.11 Å². The molecule has 0 amide bonds. The van der Waals surface area contributed by atoms with Gasteiger partial charge in [0.15, 0.2) is 5.58 Å². The first-order valence-electron chi connectivity index (χ1n) is 8.32. The van der Waals surface area contributed by atoms with Crippen molar-refractivity contribution in [2.24, 2.45) is 5.92 Å². The number of aromatic amines is 1. The van der Waals surface area contributed by atoms with Gasteiger partial charge in [-0.1, -0.05) is 0 Å². The summed E-state index contributed by atoms with van der Waals surface area (Å²) in [7, 11) is -1.93. The molecule has 0 spiro atoms. The van der Waals surface area contributed by atoms with E-state index < -0.39 is 15.8 Å². The summed E-state index contributed by atoms with van der Waals surface area (Å²) in [6, 6.07) is 4.33. The maximum Gasteiger partial charge on any atom is 0.417 e. The van der Waals surface area contributed by atoms with Crippen molar-refractivity contribution in [1.82, 2.24) is 14.6 Å². The van der Waals surface area contributed by atoms with Crippen LogP contribution in [-0.2, 0) is 14.8 Å². The summed E-state index contributed by atoms with van der Waals surface area (Å²) in [5.74, 6) is -0.299. The van der Waals surface area contributed by atoms with E-state index in [4.69, 9.17) is 9.15 Å². The number of oxazole rings is 1. The SMILES string of the molecule is COCCCN1CCC(CNS(=O)(=O)c2ccc3oc(=O)[nH]c3c2)C1. The lowest BCUT2D eigenvalue weighted by atomic mass is 10.1. The van der Waals surface area contributed by atoms with Gasteiger partial charge < -0.3 is 14.1 Å². The van der Waals surface area contributed by atoms with Gasteiger partial charge in [-0.25, -0.2) is 17.9 Å². The molecule has 0 aliphatic carbocycles. The number of H-pyrrole nitrogens is 1. The monoisotopic (exact) mass is 369 g/mol. The Morgan fingerprint density at radius 1 is 1.44 bits per heavy atom. The molecule has 0 bridgehead atoms. The summed E-state index contributed by atoms with van der Waals surface area (Å²) in [6.45, 7) is 4.00. The minimum Gasteiger partial charge on any atom is -0.408 e. The molecule has 1 fully saturated rings. The van der Waals surface area contributed by atoms with Crippen molar-refractivity contribution in [2.75, 3.05) is 39.9 Å². The van der Waals surface area contributed by atoms with Gasteiger partial charge in [0.2, 0.25) is 10.0 Å². The van der Waals surface area contributed by atoms with Crippen molar-refractivity contribution in [3.05, 3.63) is 28.7 Å². The van der Waals surface area contributed by atoms with Crippen LogP contribution in [0.1, 0.15) is 12.8 Å². The van der Waals surface area contributed by atoms with Crippen molar-refractivity contribution < 1.29 is 17.6 Å². The largest absolute Gasteiger partial charge is 0.417 e. The average molecular weight is 369 g/mol. The Labute approximate surface area is 146 Å². The predicted octanol–water partition coefficient (Wildman–Crippen LogP) is 0.758. The molecule has 3 rings (SSSR count). The molecule has 1 unspecified atom stereocenters. The van der Waals surface area contributed by atoms with Crippen LogP contribution >= 0.6 is 0 Å². The number of aromatic nitrogens is 1. The van der Waals surface area contributed by atoms with Crippen LogP contribution < -0.4 is 10.5 Å². The second-order valence-electron chi connectivity index (χ2n) is 6.33. The third-order valence-electron chi connectivity index (χ3n) is 4.46. The highest BCUT2D eigenvalue weighted by atomic mass is 32.2. The molecule has 2 N–H and O–H groups in total. The van der Waals surface area contributed by atoms with Crippen molar-refractivity contribution in [3.8, 4) is 0 Å². The average Bonchev–Trinajstić information content (AvgIpc) is 3.17. The lowest BCUT2D eigenvalue weighted by Crippen LogP contribution is -2.31. The Morgan fingerprint density at radius 2 is 2.28 bits per heavy atom. The van der Waals surface area contributed by atoms with Crippen LogP contribution in [0.3, 0.4) is 0 Å². The second kappa shape index (κ2) is 7.69. The smallest absolute Gasteiger partial charge is 0.408 e. The van der Waals surface area contributed by atoms with E-state index in [1.165, 1.54) is 18.2 Å². The van der Waals surface area contributed by atoms with Gasteiger partial charge in [-0.15, -0.1) is 0 Å². The zero-order valence-corrected chi connectivity index (χ0v) is 15.0. The molecule has 1 aliphatic heterocycles. The van der Waals surface area contributed by atoms with Gasteiger partial charge in [0.25, 0.3) is 0 Å². The Bertz CT molecular complexity index is 873. The first-order valence-corrected chi connectivity index (χ1v) is 9.80. The molecule has 8 nitrogen and oxygen atoms in total. The van der Waals surface area contributed by atoms with Crippen molar-refractivity contribution in [3.63, 3.8) is 0 Å². The first kappa shape index (κ1) is 18.1. The van der Waals surface area contributed by atoms with E-state index in [2.05, 4.69) is 14.6 Å². The molecule has 1 aromatic heterocycles. The number of nitrogens with one attached hydrogen (secondary N) is 2. The van der Waals surface area contributed by atoms with Crippen molar-refractivity contribution >= 4 is 21.1 Å². The summed E-state index contributed by atoms with van der Waals surface area (Å²) in [4.78, 5) is 16.1. The van der Waals surface area contributed by atoms with Crippen LogP contribution in [0.2, 0.25) is 0 Å². The van der Waals surface area contributed by atoms with Crippen LogP contribution in [0.15, 0.2) is 32.3 Å². The number of nitrogens with zero attached hydrogens (tertiary/aromatic N) is 1. The quantitative estimate of drug-likeness (QED) is 0.666. The third-order valence-corrected chi connectivity index (χ3v) is 5.88. The van der Waals surface area contributed by atoms with Crippen LogP contribution in [-0.4, -0.2) is 58.2 Å². The van der Waals surface area contributed by atoms with Gasteiger partial charge in [-0.3, -0.25) is 4.98 Å². The minimum absolute atomic E-state index is 0.118. The van der Waals surface area contributed by atoms with E-state index in [0.717, 1.165) is 39.1 Å². The highest BCUT2D eigenvalue weighted by Gasteiger charge is 2.24. The molecule has 1 aromatic carbocycles.